The van der Waals surface area contributed by atoms with Gasteiger partial charge in [0.15, 0.2) is 6.54 Å². The topological polar surface area (TPSA) is 36.8 Å². The molecule has 0 aromatic heterocycles. The van der Waals surface area contributed by atoms with Crippen LogP contribution in [0.3, 0.4) is 0 Å². The van der Waals surface area contributed by atoms with E-state index in [9.17, 15) is 9.18 Å². The first-order valence-corrected chi connectivity index (χ1v) is 8.87. The third kappa shape index (κ3) is 4.79. The van der Waals surface area contributed by atoms with Gasteiger partial charge in [0.05, 0.1) is 26.2 Å². The smallest absolute Gasteiger partial charge is 0.279 e. The van der Waals surface area contributed by atoms with E-state index in [-0.39, 0.29) is 11.7 Å². The predicted molar refractivity (Wildman–Crippen MR) is 98.6 cm³/mol. The van der Waals surface area contributed by atoms with Crippen molar-refractivity contribution in [3.8, 4) is 0 Å². The third-order valence-electron chi connectivity index (χ3n) is 4.69. The van der Waals surface area contributed by atoms with E-state index in [4.69, 9.17) is 0 Å². The number of hydrogen-bond acceptors (Lipinski definition) is 2. The highest BCUT2D eigenvalue weighted by Crippen LogP contribution is 2.14. The van der Waals surface area contributed by atoms with Crippen molar-refractivity contribution in [3.63, 3.8) is 0 Å². The molecule has 1 heterocycles. The van der Waals surface area contributed by atoms with Crippen LogP contribution in [-0.4, -0.2) is 38.6 Å². The summed E-state index contributed by atoms with van der Waals surface area (Å²) in [5.41, 5.74) is 3.13. The van der Waals surface area contributed by atoms with E-state index in [1.54, 1.807) is 0 Å². The number of carbonyl (C=O) groups excluding carboxylic acids is 1. The molecule has 25 heavy (non-hydrogen) atoms. The quantitative estimate of drug-likeness (QED) is 0.868. The van der Waals surface area contributed by atoms with Crippen LogP contribution in [0, 0.1) is 5.82 Å². The Bertz CT molecular complexity index is 709. The van der Waals surface area contributed by atoms with Gasteiger partial charge in [0.2, 0.25) is 0 Å². The summed E-state index contributed by atoms with van der Waals surface area (Å²) in [7, 11) is 0. The predicted octanol–water partition coefficient (Wildman–Crippen LogP) is 1.73. The summed E-state index contributed by atoms with van der Waals surface area (Å²) >= 11 is 0. The molecule has 1 aliphatic rings. The Hall–Kier alpha value is -2.40. The second-order valence-corrected chi connectivity index (χ2v) is 6.49. The molecule has 2 aromatic rings. The van der Waals surface area contributed by atoms with Crippen molar-refractivity contribution in [1.29, 1.82) is 0 Å². The molecule has 0 aliphatic carbocycles. The van der Waals surface area contributed by atoms with E-state index in [0.29, 0.717) is 6.54 Å². The molecule has 0 spiro atoms. The van der Waals surface area contributed by atoms with Gasteiger partial charge in [-0.3, -0.25) is 4.79 Å². The van der Waals surface area contributed by atoms with Crippen LogP contribution < -0.4 is 15.1 Å². The maximum Gasteiger partial charge on any atom is 0.279 e. The van der Waals surface area contributed by atoms with Crippen LogP contribution in [0.25, 0.3) is 0 Å². The number of halogens is 1. The standard InChI is InChI=1S/C20H24FN3O/c1-2-16-4-3-5-18(14-16)22-20(25)15-23-10-12-24(13-11-23)19-8-6-17(21)7-9-19/h3-9,14H,2,10-13,15H2,1H3,(H,22,25)/p+1. The first kappa shape index (κ1) is 17.4. The highest BCUT2D eigenvalue weighted by Gasteiger charge is 2.22. The average Bonchev–Trinajstić information content (AvgIpc) is 2.63. The Morgan fingerprint density at radius 2 is 1.88 bits per heavy atom. The minimum Gasteiger partial charge on any atom is -0.360 e. The molecule has 0 radical (unpaired) electrons. The number of piperazine rings is 1. The Balaban J connectivity index is 1.48. The van der Waals surface area contributed by atoms with E-state index in [1.165, 1.54) is 22.6 Å². The summed E-state index contributed by atoms with van der Waals surface area (Å²) < 4.78 is 13.0. The molecule has 4 nitrogen and oxygen atoms in total. The fraction of sp³-hybridized carbons (Fsp3) is 0.350. The Labute approximate surface area is 148 Å². The lowest BCUT2D eigenvalue weighted by molar-refractivity contribution is -0.892. The van der Waals surface area contributed by atoms with Gasteiger partial charge in [0.25, 0.3) is 5.91 Å². The zero-order valence-electron chi connectivity index (χ0n) is 14.6. The van der Waals surface area contributed by atoms with Crippen molar-refractivity contribution in [1.82, 2.24) is 0 Å². The van der Waals surface area contributed by atoms with E-state index in [2.05, 4.69) is 23.2 Å². The number of quaternary nitrogens is 1. The third-order valence-corrected chi connectivity index (χ3v) is 4.69. The number of anilines is 2. The van der Waals surface area contributed by atoms with Crippen LogP contribution in [0.2, 0.25) is 0 Å². The zero-order chi connectivity index (χ0) is 17.6. The van der Waals surface area contributed by atoms with Gasteiger partial charge in [-0.25, -0.2) is 4.39 Å². The molecule has 2 aromatic carbocycles. The van der Waals surface area contributed by atoms with Crippen LogP contribution in [0.4, 0.5) is 15.8 Å². The summed E-state index contributed by atoms with van der Waals surface area (Å²) in [5.74, 6) is -0.157. The minimum atomic E-state index is -0.211. The minimum absolute atomic E-state index is 0.0542. The molecule has 3 rings (SSSR count). The normalized spacial score (nSPS) is 15.2. The number of aryl methyl sites for hydroxylation is 1. The molecule has 1 fully saturated rings. The van der Waals surface area contributed by atoms with E-state index in [1.807, 2.05) is 30.3 Å². The lowest BCUT2D eigenvalue weighted by atomic mass is 10.1. The summed E-state index contributed by atoms with van der Waals surface area (Å²) in [6.07, 6.45) is 0.959. The molecule has 2 N–H and O–H groups in total. The van der Waals surface area contributed by atoms with Gasteiger partial charge in [0, 0.05) is 11.4 Å². The second-order valence-electron chi connectivity index (χ2n) is 6.49. The molecule has 1 saturated heterocycles. The highest BCUT2D eigenvalue weighted by molar-refractivity contribution is 5.91. The molecular weight excluding hydrogens is 317 g/mol. The van der Waals surface area contributed by atoms with Crippen LogP contribution in [-0.2, 0) is 11.2 Å². The summed E-state index contributed by atoms with van der Waals surface area (Å²) in [4.78, 5) is 15.8. The lowest BCUT2D eigenvalue weighted by Gasteiger charge is -2.33. The van der Waals surface area contributed by atoms with Gasteiger partial charge in [0.1, 0.15) is 5.82 Å². The van der Waals surface area contributed by atoms with Gasteiger partial charge < -0.3 is 15.1 Å². The number of rotatable bonds is 5. The van der Waals surface area contributed by atoms with E-state index < -0.39 is 0 Å². The van der Waals surface area contributed by atoms with Gasteiger partial charge in [-0.05, 0) is 48.4 Å². The second kappa shape index (κ2) is 8.12. The number of carbonyl (C=O) groups is 1. The summed E-state index contributed by atoms with van der Waals surface area (Å²) in [6.45, 7) is 6.14. The largest absolute Gasteiger partial charge is 0.360 e. The number of benzene rings is 2. The average molecular weight is 342 g/mol. The molecule has 132 valence electrons. The number of nitrogens with zero attached hydrogens (tertiary/aromatic N) is 1. The summed E-state index contributed by atoms with van der Waals surface area (Å²) in [6, 6.07) is 14.6. The van der Waals surface area contributed by atoms with Crippen LogP contribution in [0.5, 0.6) is 0 Å². The highest BCUT2D eigenvalue weighted by atomic mass is 19.1. The first-order chi connectivity index (χ1) is 12.1. The number of nitrogens with one attached hydrogen (secondary N) is 2. The monoisotopic (exact) mass is 342 g/mol. The van der Waals surface area contributed by atoms with Crippen molar-refractivity contribution in [2.75, 3.05) is 42.9 Å². The van der Waals surface area contributed by atoms with Crippen molar-refractivity contribution in [3.05, 3.63) is 59.9 Å². The fourth-order valence-corrected chi connectivity index (χ4v) is 3.21. The molecule has 0 saturated carbocycles. The fourth-order valence-electron chi connectivity index (χ4n) is 3.21. The summed E-state index contributed by atoms with van der Waals surface area (Å²) in [5, 5.41) is 3.00. The van der Waals surface area contributed by atoms with Crippen LogP contribution in [0.15, 0.2) is 48.5 Å². The van der Waals surface area contributed by atoms with Crippen molar-refractivity contribution >= 4 is 17.3 Å². The maximum atomic E-state index is 13.0. The first-order valence-electron chi connectivity index (χ1n) is 8.87. The van der Waals surface area contributed by atoms with E-state index >= 15 is 0 Å². The lowest BCUT2D eigenvalue weighted by Crippen LogP contribution is -3.15. The zero-order valence-corrected chi connectivity index (χ0v) is 14.6. The molecule has 1 aliphatic heterocycles. The Morgan fingerprint density at radius 1 is 1.16 bits per heavy atom. The van der Waals surface area contributed by atoms with Crippen molar-refractivity contribution < 1.29 is 14.1 Å². The van der Waals surface area contributed by atoms with Gasteiger partial charge in [-0.1, -0.05) is 19.1 Å². The Kier molecular flexibility index (Phi) is 5.66. The molecule has 0 unspecified atom stereocenters. The van der Waals surface area contributed by atoms with Gasteiger partial charge >= 0.3 is 0 Å². The van der Waals surface area contributed by atoms with E-state index in [0.717, 1.165) is 44.0 Å². The Morgan fingerprint density at radius 3 is 2.56 bits per heavy atom. The number of amides is 1. The molecule has 1 amide bonds. The maximum absolute atomic E-state index is 13.0. The molecule has 0 bridgehead atoms. The van der Waals surface area contributed by atoms with Crippen molar-refractivity contribution in [2.24, 2.45) is 0 Å². The van der Waals surface area contributed by atoms with Crippen LogP contribution in [0.1, 0.15) is 12.5 Å². The van der Waals surface area contributed by atoms with Crippen molar-refractivity contribution in [2.45, 2.75) is 13.3 Å². The molecular formula is C20H25FN3O+. The SMILES string of the molecule is CCc1cccc(NC(=O)C[NH+]2CCN(c3ccc(F)cc3)CC2)c1. The molecule has 0 atom stereocenters. The number of hydrogen-bond donors (Lipinski definition) is 2. The van der Waals surface area contributed by atoms with Gasteiger partial charge in [-0.2, -0.15) is 0 Å². The molecule has 5 heteroatoms. The van der Waals surface area contributed by atoms with Gasteiger partial charge in [-0.15, -0.1) is 0 Å². The van der Waals surface area contributed by atoms with Crippen LogP contribution >= 0.6 is 0 Å².